The Morgan fingerprint density at radius 1 is 0.370 bits per heavy atom. The molecule has 0 saturated heterocycles. The molecule has 0 N–H and O–H groups in total. The van der Waals surface area contributed by atoms with Crippen molar-refractivity contribution in [3.8, 4) is 0 Å². The Labute approximate surface area is 265 Å². The Morgan fingerprint density at radius 3 is 0.957 bits per heavy atom. The summed E-state index contributed by atoms with van der Waals surface area (Å²) in [5, 5.41) is 36.4. The molecule has 4 aromatic carbocycles. The minimum Gasteiger partial charge on any atom is -0.187 e. The van der Waals surface area contributed by atoms with Crippen LogP contribution in [0.3, 0.4) is 0 Å². The third kappa shape index (κ3) is 5.15. The van der Waals surface area contributed by atoms with Gasteiger partial charge in [-0.15, -0.1) is 0 Å². The second kappa shape index (κ2) is 11.1. The summed E-state index contributed by atoms with van der Waals surface area (Å²) in [4.78, 5) is 6.59. The Hall–Kier alpha value is -5.52. The summed E-state index contributed by atoms with van der Waals surface area (Å²) in [5.74, 6) is 0. The molecule has 0 atom stereocenters. The van der Waals surface area contributed by atoms with E-state index in [0.717, 1.165) is 95.1 Å². The third-order valence-electron chi connectivity index (χ3n) is 8.46. The maximum absolute atomic E-state index is 4.59. The van der Waals surface area contributed by atoms with Gasteiger partial charge in [0.25, 0.3) is 0 Å². The van der Waals surface area contributed by atoms with Gasteiger partial charge >= 0.3 is 0 Å². The van der Waals surface area contributed by atoms with E-state index < -0.39 is 0 Å². The van der Waals surface area contributed by atoms with Crippen LogP contribution < -0.4 is 0 Å². The SMILES string of the molecule is Cc1ccc(C)c2nn(Cn3nc4c(C)ccc(C)c4n3)nc12.Cc1ccc(Cc2ccc(C)c3nn(C)nc23)c2nn(C)nc12. The molecule has 8 aromatic rings. The van der Waals surface area contributed by atoms with E-state index in [-0.39, 0.29) is 0 Å². The van der Waals surface area contributed by atoms with E-state index in [2.05, 4.69) is 103 Å². The van der Waals surface area contributed by atoms with Crippen LogP contribution in [0.15, 0.2) is 48.5 Å². The van der Waals surface area contributed by atoms with Crippen molar-refractivity contribution in [2.45, 2.75) is 54.6 Å². The first-order valence-electron chi connectivity index (χ1n) is 15.3. The molecule has 0 fully saturated rings. The second-order valence-electron chi connectivity index (χ2n) is 12.1. The molecule has 0 unspecified atom stereocenters. The molecule has 0 bridgehead atoms. The van der Waals surface area contributed by atoms with Crippen LogP contribution in [0.5, 0.6) is 0 Å². The Kier molecular flexibility index (Phi) is 7.07. The molecule has 0 aliphatic carbocycles. The minimum atomic E-state index is 0.404. The van der Waals surface area contributed by atoms with Gasteiger partial charge in [0, 0.05) is 20.5 Å². The van der Waals surface area contributed by atoms with Crippen molar-refractivity contribution in [3.05, 3.63) is 93.0 Å². The zero-order valence-electron chi connectivity index (χ0n) is 27.4. The number of benzene rings is 4. The molecule has 0 amide bonds. The van der Waals surface area contributed by atoms with Gasteiger partial charge < -0.3 is 0 Å². The maximum atomic E-state index is 4.59. The summed E-state index contributed by atoms with van der Waals surface area (Å²) >= 11 is 0. The fraction of sp³-hybridized carbons (Fsp3) is 0.294. The molecule has 12 nitrogen and oxygen atoms in total. The van der Waals surface area contributed by atoms with Gasteiger partial charge in [-0.1, -0.05) is 48.5 Å². The van der Waals surface area contributed by atoms with Gasteiger partial charge in [-0.05, 0) is 86.1 Å². The predicted octanol–water partition coefficient (Wildman–Crippen LogP) is 5.37. The molecule has 4 heterocycles. The average molecular weight is 613 g/mol. The van der Waals surface area contributed by atoms with Crippen molar-refractivity contribution in [1.82, 2.24) is 60.0 Å². The number of hydrogen-bond donors (Lipinski definition) is 0. The highest BCUT2D eigenvalue weighted by Crippen LogP contribution is 2.26. The molecule has 232 valence electrons. The molecular formula is C34H36N12. The molecule has 8 rings (SSSR count). The topological polar surface area (TPSA) is 123 Å². The fourth-order valence-corrected chi connectivity index (χ4v) is 5.85. The van der Waals surface area contributed by atoms with Crippen molar-refractivity contribution >= 4 is 44.1 Å². The summed E-state index contributed by atoms with van der Waals surface area (Å²) in [6.45, 7) is 12.7. The maximum Gasteiger partial charge on any atom is 0.172 e. The van der Waals surface area contributed by atoms with Gasteiger partial charge in [-0.25, -0.2) is 0 Å². The van der Waals surface area contributed by atoms with E-state index >= 15 is 0 Å². The average Bonchev–Trinajstić information content (AvgIpc) is 3.82. The molecule has 12 heteroatoms. The molecular weight excluding hydrogens is 576 g/mol. The molecule has 46 heavy (non-hydrogen) atoms. The van der Waals surface area contributed by atoms with E-state index in [0.29, 0.717) is 6.67 Å². The summed E-state index contributed by atoms with van der Waals surface area (Å²) in [5.41, 5.74) is 16.7. The van der Waals surface area contributed by atoms with Crippen LogP contribution in [-0.2, 0) is 27.2 Å². The Morgan fingerprint density at radius 2 is 0.630 bits per heavy atom. The first-order valence-corrected chi connectivity index (χ1v) is 15.3. The number of hydrogen-bond acceptors (Lipinski definition) is 8. The number of aryl methyl sites for hydroxylation is 8. The highest BCUT2D eigenvalue weighted by atomic mass is 15.6. The number of fused-ring (bicyclic) bond motifs is 4. The Bertz CT molecular complexity index is 2170. The van der Waals surface area contributed by atoms with Gasteiger partial charge in [-0.2, -0.15) is 60.0 Å². The third-order valence-corrected chi connectivity index (χ3v) is 8.46. The monoisotopic (exact) mass is 612 g/mol. The lowest BCUT2D eigenvalue weighted by Gasteiger charge is -2.05. The number of aromatic nitrogens is 12. The van der Waals surface area contributed by atoms with Gasteiger partial charge in [0.15, 0.2) is 6.67 Å². The first kappa shape index (κ1) is 29.2. The lowest BCUT2D eigenvalue weighted by molar-refractivity contribution is 0.420. The van der Waals surface area contributed by atoms with E-state index in [1.165, 1.54) is 0 Å². The Balaban J connectivity index is 0.000000147. The molecule has 0 radical (unpaired) electrons. The molecule has 0 saturated carbocycles. The van der Waals surface area contributed by atoms with Crippen molar-refractivity contribution in [1.29, 1.82) is 0 Å². The summed E-state index contributed by atoms with van der Waals surface area (Å²) in [6.07, 6.45) is 0.769. The van der Waals surface area contributed by atoms with Crippen molar-refractivity contribution < 1.29 is 0 Å². The second-order valence-corrected chi connectivity index (χ2v) is 12.1. The molecule has 0 aliphatic heterocycles. The highest BCUT2D eigenvalue weighted by molar-refractivity contribution is 5.85. The largest absolute Gasteiger partial charge is 0.187 e. The van der Waals surface area contributed by atoms with Gasteiger partial charge in [0.1, 0.15) is 44.1 Å². The van der Waals surface area contributed by atoms with Crippen LogP contribution in [0, 0.1) is 41.5 Å². The van der Waals surface area contributed by atoms with Crippen molar-refractivity contribution in [2.75, 3.05) is 0 Å². The van der Waals surface area contributed by atoms with E-state index in [1.54, 1.807) is 19.2 Å². The van der Waals surface area contributed by atoms with E-state index in [1.807, 2.05) is 41.8 Å². The van der Waals surface area contributed by atoms with Crippen LogP contribution in [0.25, 0.3) is 44.1 Å². The van der Waals surface area contributed by atoms with E-state index in [9.17, 15) is 0 Å². The number of rotatable bonds is 4. The fourth-order valence-electron chi connectivity index (χ4n) is 5.85. The van der Waals surface area contributed by atoms with Gasteiger partial charge in [-0.3, -0.25) is 0 Å². The van der Waals surface area contributed by atoms with Crippen molar-refractivity contribution in [2.24, 2.45) is 14.1 Å². The summed E-state index contributed by atoms with van der Waals surface area (Å²) in [7, 11) is 3.71. The summed E-state index contributed by atoms with van der Waals surface area (Å²) < 4.78 is 0. The standard InChI is InChI=1S/2C17H18N6/c1-10-5-7-12(16-14(10)18-22(3)20-16)9-13-8-6-11(2)15-17(13)21-23(4)19-15;1-10-5-6-11(2)15-14(10)18-22(19-15)9-23-20-16-12(3)7-8-13(4)17(16)21-23/h2*5-8H,9H2,1-4H3. The zero-order chi connectivity index (χ0) is 32.3. The predicted molar refractivity (Wildman–Crippen MR) is 179 cm³/mol. The molecule has 4 aromatic heterocycles. The highest BCUT2D eigenvalue weighted by Gasteiger charge is 2.15. The lowest BCUT2D eigenvalue weighted by atomic mass is 9.99. The van der Waals surface area contributed by atoms with Gasteiger partial charge in [0.2, 0.25) is 0 Å². The van der Waals surface area contributed by atoms with Crippen LogP contribution in [0.4, 0.5) is 0 Å². The smallest absolute Gasteiger partial charge is 0.172 e. The van der Waals surface area contributed by atoms with Crippen LogP contribution in [0.1, 0.15) is 44.5 Å². The quantitative estimate of drug-likeness (QED) is 0.260. The van der Waals surface area contributed by atoms with Crippen LogP contribution >= 0.6 is 0 Å². The zero-order valence-corrected chi connectivity index (χ0v) is 27.4. The molecule has 0 spiro atoms. The van der Waals surface area contributed by atoms with Gasteiger partial charge in [0.05, 0.1) is 0 Å². The number of nitrogens with zero attached hydrogens (tertiary/aromatic N) is 12. The van der Waals surface area contributed by atoms with E-state index in [4.69, 9.17) is 0 Å². The van der Waals surface area contributed by atoms with Crippen LogP contribution in [-0.4, -0.2) is 60.0 Å². The molecule has 0 aliphatic rings. The minimum absolute atomic E-state index is 0.404. The van der Waals surface area contributed by atoms with Crippen LogP contribution in [0.2, 0.25) is 0 Å². The first-order chi connectivity index (χ1) is 22.0. The summed E-state index contributed by atoms with van der Waals surface area (Å²) in [6, 6.07) is 16.8. The normalized spacial score (nSPS) is 11.7. The van der Waals surface area contributed by atoms with Crippen molar-refractivity contribution in [3.63, 3.8) is 0 Å². The lowest BCUT2D eigenvalue weighted by Crippen LogP contribution is -2.13.